The molecule has 0 aliphatic rings. The number of hydrogen-bond donors (Lipinski definition) is 0. The summed E-state index contributed by atoms with van der Waals surface area (Å²) in [5.41, 5.74) is -1.53. The molecule has 0 fully saturated rings. The van der Waals surface area contributed by atoms with Crippen LogP contribution < -0.4 is 0 Å². The average Bonchev–Trinajstić information content (AvgIpc) is 2.58. The Morgan fingerprint density at radius 3 is 2.39 bits per heavy atom. The lowest BCUT2D eigenvalue weighted by molar-refractivity contribution is -0.156. The highest BCUT2D eigenvalue weighted by Gasteiger charge is 2.47. The maximum atomic E-state index is 12.8. The molecule has 0 aliphatic carbocycles. The average molecular weight is 344 g/mol. The Morgan fingerprint density at radius 1 is 1.30 bits per heavy atom. The van der Waals surface area contributed by atoms with E-state index < -0.39 is 31.2 Å². The fraction of sp³-hybridized carbons (Fsp3) is 0.500. The molecule has 1 aromatic carbocycles. The zero-order valence-electron chi connectivity index (χ0n) is 13.7. The number of esters is 1. The number of benzene rings is 1. The van der Waals surface area contributed by atoms with Crippen LogP contribution in [0.25, 0.3) is 0 Å². The van der Waals surface area contributed by atoms with E-state index in [2.05, 4.69) is 4.73 Å². The Hall–Kier alpha value is -1.36. The van der Waals surface area contributed by atoms with Gasteiger partial charge in [-0.1, -0.05) is 30.3 Å². The second-order valence-corrected chi connectivity index (χ2v) is 7.04. The van der Waals surface area contributed by atoms with Crippen LogP contribution in [0.1, 0.15) is 26.3 Å². The number of ketones is 1. The molecule has 1 aromatic rings. The summed E-state index contributed by atoms with van der Waals surface area (Å²) in [6.45, 7) is 4.88. The summed E-state index contributed by atoms with van der Waals surface area (Å²) in [4.78, 5) is 25.1. The summed E-state index contributed by atoms with van der Waals surface area (Å²) in [6, 6.07) is 9.11. The first kappa shape index (κ1) is 19.7. The second kappa shape index (κ2) is 9.06. The molecule has 0 aromatic heterocycles. The molecule has 23 heavy (non-hydrogen) atoms. The third kappa shape index (κ3) is 4.80. The number of Topliss-reactive ketones (excluding diaryl/α,β-unsaturated/α-hetero) is 1. The molecule has 128 valence electrons. The van der Waals surface area contributed by atoms with Crippen molar-refractivity contribution in [2.45, 2.75) is 32.9 Å². The highest BCUT2D eigenvalue weighted by molar-refractivity contribution is 7.49. The van der Waals surface area contributed by atoms with Crippen molar-refractivity contribution in [3.05, 3.63) is 35.9 Å². The summed E-state index contributed by atoms with van der Waals surface area (Å²) in [7, 11) is -0.829. The number of hydrogen-bond acceptors (Lipinski definition) is 5. The first-order valence-corrected chi connectivity index (χ1v) is 8.52. The molecule has 0 saturated carbocycles. The molecule has 0 saturated heterocycles. The molecule has 3 unspecified atom stereocenters. The van der Waals surface area contributed by atoms with Crippen molar-refractivity contribution < 1.29 is 28.1 Å². The van der Waals surface area contributed by atoms with Gasteiger partial charge in [0, 0.05) is 0 Å². The summed E-state index contributed by atoms with van der Waals surface area (Å²) in [6.07, 6.45) is 0.158. The summed E-state index contributed by atoms with van der Waals surface area (Å²) in [5, 5.41) is 0. The van der Waals surface area contributed by atoms with Crippen LogP contribution in [0.2, 0.25) is 0 Å². The largest absolute Gasteiger partial charge is 0.468 e. The Balaban J connectivity index is 3.09. The normalized spacial score (nSPS) is 16.2. The van der Waals surface area contributed by atoms with Crippen LogP contribution in [0.4, 0.5) is 4.53 Å². The van der Waals surface area contributed by atoms with Crippen molar-refractivity contribution in [1.29, 1.82) is 0 Å². The van der Waals surface area contributed by atoms with Gasteiger partial charge in [-0.2, -0.15) is 0 Å². The molecular formula is C16H22FO5P. The van der Waals surface area contributed by atoms with E-state index >= 15 is 0 Å². The molecule has 0 aliphatic heterocycles. The first-order valence-electron chi connectivity index (χ1n) is 7.28. The molecule has 0 amide bonds. The van der Waals surface area contributed by atoms with E-state index in [1.807, 2.05) is 30.3 Å². The fourth-order valence-electron chi connectivity index (χ4n) is 2.36. The first-order chi connectivity index (χ1) is 10.9. The number of halogens is 1. The second-order valence-electron chi connectivity index (χ2n) is 5.30. The van der Waals surface area contributed by atoms with Gasteiger partial charge in [0.25, 0.3) is 0 Å². The summed E-state index contributed by atoms with van der Waals surface area (Å²) in [5.74, 6) is -1.13. The lowest BCUT2D eigenvalue weighted by Crippen LogP contribution is -2.44. The SMILES string of the molecule is CCOP(OF)C(C)C(=O)C(C)(Cc1ccccc1)C(=O)OC. The number of carbonyl (C=O) groups excluding carboxylic acids is 2. The molecule has 3 atom stereocenters. The molecule has 0 bridgehead atoms. The fourth-order valence-corrected chi connectivity index (χ4v) is 3.48. The third-order valence-corrected chi connectivity index (χ3v) is 5.12. The molecule has 0 N–H and O–H groups in total. The van der Waals surface area contributed by atoms with Gasteiger partial charge in [-0.25, -0.2) is 0 Å². The van der Waals surface area contributed by atoms with Crippen LogP contribution in [0.15, 0.2) is 30.3 Å². The van der Waals surface area contributed by atoms with E-state index in [0.717, 1.165) is 5.56 Å². The van der Waals surface area contributed by atoms with Crippen LogP contribution >= 0.6 is 8.38 Å². The van der Waals surface area contributed by atoms with Crippen molar-refractivity contribution in [1.82, 2.24) is 0 Å². The van der Waals surface area contributed by atoms with Crippen LogP contribution in [0.3, 0.4) is 0 Å². The van der Waals surface area contributed by atoms with Crippen LogP contribution in [-0.4, -0.2) is 31.1 Å². The molecule has 7 heteroatoms. The van der Waals surface area contributed by atoms with Crippen LogP contribution in [-0.2, 0) is 30.0 Å². The van der Waals surface area contributed by atoms with Gasteiger partial charge >= 0.3 is 5.97 Å². The minimum absolute atomic E-state index is 0.158. The number of ether oxygens (including phenoxy) is 1. The van der Waals surface area contributed by atoms with E-state index in [9.17, 15) is 14.1 Å². The van der Waals surface area contributed by atoms with E-state index in [-0.39, 0.29) is 13.0 Å². The molecule has 0 radical (unpaired) electrons. The maximum absolute atomic E-state index is 12.8. The van der Waals surface area contributed by atoms with E-state index in [1.165, 1.54) is 21.0 Å². The lowest BCUT2D eigenvalue weighted by Gasteiger charge is -2.29. The van der Waals surface area contributed by atoms with Crippen molar-refractivity contribution >= 4 is 20.1 Å². The number of carbonyl (C=O) groups is 2. The summed E-state index contributed by atoms with van der Waals surface area (Å²) < 4.78 is 26.4. The summed E-state index contributed by atoms with van der Waals surface area (Å²) >= 11 is 0. The van der Waals surface area contributed by atoms with Gasteiger partial charge in [-0.3, -0.25) is 9.59 Å². The minimum Gasteiger partial charge on any atom is -0.468 e. The minimum atomic E-state index is -2.05. The Labute approximate surface area is 136 Å². The predicted molar refractivity (Wildman–Crippen MR) is 85.5 cm³/mol. The molecule has 0 spiro atoms. The number of rotatable bonds is 9. The van der Waals surface area contributed by atoms with Gasteiger partial charge in [0.15, 0.2) is 5.78 Å². The van der Waals surface area contributed by atoms with Crippen LogP contribution in [0.5, 0.6) is 0 Å². The monoisotopic (exact) mass is 344 g/mol. The Kier molecular flexibility index (Phi) is 7.76. The molecule has 1 rings (SSSR count). The highest BCUT2D eigenvalue weighted by Crippen LogP contribution is 2.47. The quantitative estimate of drug-likeness (QED) is 0.389. The molecular weight excluding hydrogens is 322 g/mol. The Bertz CT molecular complexity index is 524. The van der Waals surface area contributed by atoms with Crippen molar-refractivity contribution in [3.63, 3.8) is 0 Å². The molecule has 0 heterocycles. The van der Waals surface area contributed by atoms with Gasteiger partial charge in [0.2, 0.25) is 8.38 Å². The van der Waals surface area contributed by atoms with Crippen molar-refractivity contribution in [3.8, 4) is 0 Å². The van der Waals surface area contributed by atoms with Gasteiger partial charge < -0.3 is 9.26 Å². The topological polar surface area (TPSA) is 61.8 Å². The maximum Gasteiger partial charge on any atom is 0.319 e. The Morgan fingerprint density at radius 2 is 1.91 bits per heavy atom. The van der Waals surface area contributed by atoms with E-state index in [4.69, 9.17) is 9.26 Å². The zero-order chi connectivity index (χ0) is 17.5. The lowest BCUT2D eigenvalue weighted by atomic mass is 9.78. The van der Waals surface area contributed by atoms with Crippen molar-refractivity contribution in [2.75, 3.05) is 13.7 Å². The standard InChI is InChI=1S/C16H22FO5P/c1-5-21-23(22-17)12(2)14(18)16(3,15(19)20-4)11-13-9-7-6-8-10-13/h6-10,12H,5,11H2,1-4H3. The van der Waals surface area contributed by atoms with Gasteiger partial charge in [0.1, 0.15) is 5.41 Å². The zero-order valence-corrected chi connectivity index (χ0v) is 14.6. The van der Waals surface area contributed by atoms with E-state index in [1.54, 1.807) is 6.92 Å². The smallest absolute Gasteiger partial charge is 0.319 e. The van der Waals surface area contributed by atoms with Gasteiger partial charge in [-0.05, 0) is 37.3 Å². The molecule has 5 nitrogen and oxygen atoms in total. The van der Waals surface area contributed by atoms with Crippen molar-refractivity contribution in [2.24, 2.45) is 5.41 Å². The van der Waals surface area contributed by atoms with Gasteiger partial charge in [0.05, 0.1) is 19.4 Å². The van der Waals surface area contributed by atoms with Gasteiger partial charge in [-0.15, -0.1) is 4.73 Å². The highest BCUT2D eigenvalue weighted by atomic mass is 31.2. The number of methoxy groups -OCH3 is 1. The van der Waals surface area contributed by atoms with Crippen LogP contribution in [0, 0.1) is 5.41 Å². The third-order valence-electron chi connectivity index (χ3n) is 3.60. The predicted octanol–water partition coefficient (Wildman–Crippen LogP) is 3.62. The van der Waals surface area contributed by atoms with E-state index in [0.29, 0.717) is 0 Å².